The maximum Gasteiger partial charge on any atom is 0.108 e. The Balaban J connectivity index is 1.55. The van der Waals surface area contributed by atoms with Gasteiger partial charge in [-0.3, -0.25) is 0 Å². The molecule has 2 heterocycles. The molecular weight excluding hydrogens is 408 g/mol. The van der Waals surface area contributed by atoms with Crippen LogP contribution in [0.2, 0.25) is 0 Å². The second kappa shape index (κ2) is 7.10. The Kier molecular flexibility index (Phi) is 4.30. The van der Waals surface area contributed by atoms with Gasteiger partial charge < -0.3 is 0 Å². The van der Waals surface area contributed by atoms with Crippen molar-refractivity contribution in [3.63, 3.8) is 0 Å². The number of rotatable bonds is 3. The molecule has 0 amide bonds. The second-order valence-electron chi connectivity index (χ2n) is 6.72. The molecule has 28 heavy (non-hydrogen) atoms. The lowest BCUT2D eigenvalue weighted by atomic mass is 10.0. The molecule has 2 nitrogen and oxygen atoms in total. The smallest absolute Gasteiger partial charge is 0.108 e. The highest BCUT2D eigenvalue weighted by Crippen LogP contribution is 2.34. The number of halogens is 1. The molecule has 0 aliphatic rings. The number of pyridine rings is 1. The van der Waals surface area contributed by atoms with Crippen LogP contribution in [0.15, 0.2) is 108 Å². The summed E-state index contributed by atoms with van der Waals surface area (Å²) in [4.78, 5) is 0. The first kappa shape index (κ1) is 17.0. The quantitative estimate of drug-likeness (QED) is 0.301. The van der Waals surface area contributed by atoms with Gasteiger partial charge in [0.1, 0.15) is 5.69 Å². The molecule has 0 fully saturated rings. The number of fused-ring (bicyclic) bond motifs is 1. The highest BCUT2D eigenvalue weighted by molar-refractivity contribution is 9.10. The summed E-state index contributed by atoms with van der Waals surface area (Å²) in [6, 6.07) is 33.7. The minimum atomic E-state index is 0.949. The average molecular weight is 425 g/mol. The molecule has 0 saturated heterocycles. The summed E-state index contributed by atoms with van der Waals surface area (Å²) in [5.74, 6) is 0. The summed E-state index contributed by atoms with van der Waals surface area (Å²) >= 11 is 3.78. The highest BCUT2D eigenvalue weighted by Gasteiger charge is 2.13. The first-order chi connectivity index (χ1) is 13.8. The van der Waals surface area contributed by atoms with Gasteiger partial charge in [-0.25, -0.2) is 4.52 Å². The summed E-state index contributed by atoms with van der Waals surface area (Å²) in [5.41, 5.74) is 7.91. The van der Waals surface area contributed by atoms with Crippen LogP contribution in [0.25, 0.3) is 39.0 Å². The third kappa shape index (κ3) is 3.04. The Labute approximate surface area is 172 Å². The van der Waals surface area contributed by atoms with Crippen molar-refractivity contribution in [3.8, 4) is 33.5 Å². The molecule has 0 radical (unpaired) electrons. The second-order valence-corrected chi connectivity index (χ2v) is 7.51. The van der Waals surface area contributed by atoms with Crippen LogP contribution >= 0.6 is 15.9 Å². The summed E-state index contributed by atoms with van der Waals surface area (Å²) in [6.07, 6.45) is 2.02. The van der Waals surface area contributed by atoms with Gasteiger partial charge in [-0.1, -0.05) is 84.9 Å². The van der Waals surface area contributed by atoms with Gasteiger partial charge in [0.25, 0.3) is 0 Å². The molecule has 0 aliphatic heterocycles. The lowest BCUT2D eigenvalue weighted by Crippen LogP contribution is -1.87. The van der Waals surface area contributed by atoms with Gasteiger partial charge in [0, 0.05) is 11.8 Å². The van der Waals surface area contributed by atoms with E-state index in [0.717, 1.165) is 21.2 Å². The minimum absolute atomic E-state index is 0.949. The molecule has 134 valence electrons. The third-order valence-electron chi connectivity index (χ3n) is 4.95. The monoisotopic (exact) mass is 424 g/mol. The van der Waals surface area contributed by atoms with Crippen molar-refractivity contribution in [2.24, 2.45) is 0 Å². The number of nitrogens with zero attached hydrogens (tertiary/aromatic N) is 2. The lowest BCUT2D eigenvalue weighted by molar-refractivity contribution is 0.966. The Hall–Kier alpha value is -3.17. The molecule has 0 atom stereocenters. The van der Waals surface area contributed by atoms with Crippen molar-refractivity contribution in [2.45, 2.75) is 0 Å². The molecule has 0 unspecified atom stereocenters. The zero-order valence-corrected chi connectivity index (χ0v) is 16.7. The van der Waals surface area contributed by atoms with Gasteiger partial charge in [0.2, 0.25) is 0 Å². The van der Waals surface area contributed by atoms with E-state index >= 15 is 0 Å². The molecule has 0 N–H and O–H groups in total. The van der Waals surface area contributed by atoms with Crippen molar-refractivity contribution in [3.05, 3.63) is 108 Å². The first-order valence-corrected chi connectivity index (χ1v) is 9.98. The summed E-state index contributed by atoms with van der Waals surface area (Å²) in [7, 11) is 0. The fourth-order valence-corrected chi connectivity index (χ4v) is 4.07. The minimum Gasteiger partial charge on any atom is -0.239 e. The Morgan fingerprint density at radius 2 is 1.11 bits per heavy atom. The predicted molar refractivity (Wildman–Crippen MR) is 119 cm³/mol. The van der Waals surface area contributed by atoms with Crippen LogP contribution in [0.4, 0.5) is 0 Å². The molecule has 5 rings (SSSR count). The fraction of sp³-hybridized carbons (Fsp3) is 0. The van der Waals surface area contributed by atoms with Crippen molar-refractivity contribution in [2.75, 3.05) is 0 Å². The number of aromatic nitrogens is 2. The molecule has 3 heteroatoms. The fourth-order valence-electron chi connectivity index (χ4n) is 3.46. The van der Waals surface area contributed by atoms with Crippen molar-refractivity contribution >= 4 is 21.4 Å². The first-order valence-electron chi connectivity index (χ1n) is 9.19. The summed E-state index contributed by atoms with van der Waals surface area (Å²) in [5, 5.41) is 4.79. The van der Waals surface area contributed by atoms with Crippen LogP contribution in [0.5, 0.6) is 0 Å². The Bertz CT molecular complexity index is 1240. The third-order valence-corrected chi connectivity index (χ3v) is 5.73. The van der Waals surface area contributed by atoms with E-state index in [0.29, 0.717) is 0 Å². The van der Waals surface area contributed by atoms with Gasteiger partial charge in [0.05, 0.1) is 9.99 Å². The van der Waals surface area contributed by atoms with Crippen molar-refractivity contribution < 1.29 is 0 Å². The van der Waals surface area contributed by atoms with Gasteiger partial charge in [0.15, 0.2) is 0 Å². The molecule has 0 aliphatic carbocycles. The van der Waals surface area contributed by atoms with E-state index in [1.54, 1.807) is 0 Å². The lowest BCUT2D eigenvalue weighted by Gasteiger charge is -2.03. The molecule has 0 bridgehead atoms. The molecular formula is C25H17BrN2. The van der Waals surface area contributed by atoms with Crippen LogP contribution in [0.1, 0.15) is 0 Å². The van der Waals surface area contributed by atoms with Crippen molar-refractivity contribution in [1.82, 2.24) is 9.61 Å². The van der Waals surface area contributed by atoms with Crippen LogP contribution in [0.3, 0.4) is 0 Å². The standard InChI is InChI=1S/C25H17BrN2/c26-24-23-17-22(19-9-5-2-6-10-19)15-16-28(23)27-25(24)21-13-11-20(12-14-21)18-7-3-1-4-8-18/h1-17H. The van der Waals surface area contributed by atoms with Gasteiger partial charge in [-0.05, 0) is 50.3 Å². The maximum atomic E-state index is 4.79. The topological polar surface area (TPSA) is 17.3 Å². The Morgan fingerprint density at radius 1 is 0.571 bits per heavy atom. The van der Waals surface area contributed by atoms with E-state index in [9.17, 15) is 0 Å². The van der Waals surface area contributed by atoms with E-state index in [4.69, 9.17) is 5.10 Å². The predicted octanol–water partition coefficient (Wildman–Crippen LogP) is 7.10. The van der Waals surface area contributed by atoms with E-state index in [-0.39, 0.29) is 0 Å². The van der Waals surface area contributed by atoms with Gasteiger partial charge in [-0.2, -0.15) is 5.10 Å². The SMILES string of the molecule is Brc1c(-c2ccc(-c3ccccc3)cc2)nn2ccc(-c3ccccc3)cc12. The summed E-state index contributed by atoms with van der Waals surface area (Å²) in [6.45, 7) is 0. The van der Waals surface area contributed by atoms with Gasteiger partial charge >= 0.3 is 0 Å². The Morgan fingerprint density at radius 3 is 1.75 bits per heavy atom. The molecule has 5 aromatic rings. The van der Waals surface area contributed by atoms with Crippen LogP contribution in [0, 0.1) is 0 Å². The molecule has 0 spiro atoms. The van der Waals surface area contributed by atoms with E-state index in [1.165, 1.54) is 22.3 Å². The van der Waals surface area contributed by atoms with Crippen molar-refractivity contribution in [1.29, 1.82) is 0 Å². The largest absolute Gasteiger partial charge is 0.239 e. The van der Waals surface area contributed by atoms with E-state index in [1.807, 2.05) is 22.8 Å². The number of benzene rings is 3. The number of hydrogen-bond acceptors (Lipinski definition) is 1. The maximum absolute atomic E-state index is 4.79. The zero-order chi connectivity index (χ0) is 18.9. The summed E-state index contributed by atoms with van der Waals surface area (Å²) < 4.78 is 2.94. The van der Waals surface area contributed by atoms with E-state index in [2.05, 4.69) is 101 Å². The average Bonchev–Trinajstić information content (AvgIpc) is 3.11. The molecule has 2 aromatic heterocycles. The number of hydrogen-bond donors (Lipinski definition) is 0. The van der Waals surface area contributed by atoms with Crippen LogP contribution in [-0.4, -0.2) is 9.61 Å². The molecule has 3 aromatic carbocycles. The zero-order valence-electron chi connectivity index (χ0n) is 15.1. The van der Waals surface area contributed by atoms with E-state index < -0.39 is 0 Å². The van der Waals surface area contributed by atoms with Gasteiger partial charge in [-0.15, -0.1) is 0 Å². The van der Waals surface area contributed by atoms with Crippen LogP contribution < -0.4 is 0 Å². The normalized spacial score (nSPS) is 11.0. The molecule has 0 saturated carbocycles. The van der Waals surface area contributed by atoms with Crippen LogP contribution in [-0.2, 0) is 0 Å². The highest BCUT2D eigenvalue weighted by atomic mass is 79.9.